The van der Waals surface area contributed by atoms with Crippen molar-refractivity contribution in [1.82, 2.24) is 9.55 Å². The van der Waals surface area contributed by atoms with Gasteiger partial charge in [0, 0.05) is 34.2 Å². The molecule has 0 saturated heterocycles. The molecule has 1 aromatic heterocycles. The summed E-state index contributed by atoms with van der Waals surface area (Å²) in [6.45, 7) is 5.82. The Morgan fingerprint density at radius 3 is 2.60 bits per heavy atom. The predicted molar refractivity (Wildman–Crippen MR) is 82.1 cm³/mol. The third kappa shape index (κ3) is 3.19. The number of halogens is 1. The van der Waals surface area contributed by atoms with E-state index >= 15 is 0 Å². The van der Waals surface area contributed by atoms with Gasteiger partial charge in [-0.05, 0) is 32.9 Å². The Hall–Kier alpha value is -1.82. The Balaban J connectivity index is 2.42. The largest absolute Gasteiger partial charge is 0.435 e. The maximum absolute atomic E-state index is 12.3. The molecular formula is C14H16BrN3O2. The summed E-state index contributed by atoms with van der Waals surface area (Å²) in [6.07, 6.45) is 3.19. The summed E-state index contributed by atoms with van der Waals surface area (Å²) >= 11 is 3.33. The molecule has 0 bridgehead atoms. The topological polar surface area (TPSA) is 70.1 Å². The number of aromatic nitrogens is 2. The molecule has 0 unspecified atom stereocenters. The lowest BCUT2D eigenvalue weighted by Gasteiger charge is -2.22. The van der Waals surface area contributed by atoms with Crippen molar-refractivity contribution in [2.45, 2.75) is 26.3 Å². The molecule has 20 heavy (non-hydrogen) atoms. The minimum atomic E-state index is -0.339. The number of nitrogens with two attached hydrogens (primary N) is 1. The number of nitrogens with zero attached hydrogens (tertiary/aromatic N) is 2. The van der Waals surface area contributed by atoms with Gasteiger partial charge in [-0.2, -0.15) is 0 Å². The fourth-order valence-electron chi connectivity index (χ4n) is 1.75. The molecule has 0 radical (unpaired) electrons. The van der Waals surface area contributed by atoms with Crippen LogP contribution >= 0.6 is 15.9 Å². The Morgan fingerprint density at radius 1 is 1.30 bits per heavy atom. The monoisotopic (exact) mass is 337 g/mol. The second-order valence-corrected chi connectivity index (χ2v) is 6.32. The number of hydrogen-bond donors (Lipinski definition) is 1. The van der Waals surface area contributed by atoms with E-state index in [-0.39, 0.29) is 17.0 Å². The molecule has 5 nitrogen and oxygen atoms in total. The molecule has 0 saturated carbocycles. The van der Waals surface area contributed by atoms with E-state index in [4.69, 9.17) is 10.5 Å². The fraction of sp³-hybridized carbons (Fsp3) is 0.286. The first-order valence-electron chi connectivity index (χ1n) is 6.09. The molecule has 0 amide bonds. The van der Waals surface area contributed by atoms with E-state index in [9.17, 15) is 4.79 Å². The van der Waals surface area contributed by atoms with E-state index in [2.05, 4.69) is 20.9 Å². The molecule has 2 rings (SSSR count). The van der Waals surface area contributed by atoms with Crippen LogP contribution in [0.25, 0.3) is 0 Å². The smallest absolute Gasteiger partial charge is 0.314 e. The van der Waals surface area contributed by atoms with Crippen molar-refractivity contribution in [3.8, 4) is 11.6 Å². The Kier molecular flexibility index (Phi) is 3.85. The van der Waals surface area contributed by atoms with Crippen LogP contribution < -0.4 is 16.0 Å². The van der Waals surface area contributed by atoms with Crippen LogP contribution in [0.15, 0.2) is 39.9 Å². The van der Waals surface area contributed by atoms with Gasteiger partial charge in [-0.1, -0.05) is 15.9 Å². The van der Waals surface area contributed by atoms with Gasteiger partial charge >= 0.3 is 5.56 Å². The lowest BCUT2D eigenvalue weighted by molar-refractivity contribution is 0.363. The van der Waals surface area contributed by atoms with Gasteiger partial charge in [0.05, 0.1) is 0 Å². The zero-order chi connectivity index (χ0) is 14.9. The molecule has 2 N–H and O–H groups in total. The number of ether oxygens (including phenoxy) is 1. The van der Waals surface area contributed by atoms with Crippen molar-refractivity contribution < 1.29 is 4.74 Å². The van der Waals surface area contributed by atoms with Crippen LogP contribution in [-0.2, 0) is 5.54 Å². The van der Waals surface area contributed by atoms with Gasteiger partial charge in [-0.3, -0.25) is 4.79 Å². The van der Waals surface area contributed by atoms with Crippen molar-refractivity contribution in [3.63, 3.8) is 0 Å². The van der Waals surface area contributed by atoms with Gasteiger partial charge in [0.15, 0.2) is 0 Å². The van der Waals surface area contributed by atoms with E-state index in [0.29, 0.717) is 11.4 Å². The first kappa shape index (κ1) is 14.6. The average molecular weight is 338 g/mol. The summed E-state index contributed by atoms with van der Waals surface area (Å²) in [5, 5.41) is 0. The van der Waals surface area contributed by atoms with E-state index in [1.807, 2.05) is 20.8 Å². The van der Waals surface area contributed by atoms with E-state index < -0.39 is 0 Å². The van der Waals surface area contributed by atoms with E-state index in [1.54, 1.807) is 35.2 Å². The van der Waals surface area contributed by atoms with Crippen molar-refractivity contribution in [2.24, 2.45) is 0 Å². The van der Waals surface area contributed by atoms with Crippen molar-refractivity contribution in [2.75, 3.05) is 5.73 Å². The number of hydrogen-bond acceptors (Lipinski definition) is 4. The second-order valence-electron chi connectivity index (χ2n) is 5.40. The summed E-state index contributed by atoms with van der Waals surface area (Å²) in [4.78, 5) is 16.3. The molecule has 0 fully saturated rings. The van der Waals surface area contributed by atoms with Gasteiger partial charge < -0.3 is 15.0 Å². The SMILES string of the molecule is CC(C)(C)n1ccnc(Oc2cc(N)cc(Br)c2)c1=O. The number of anilines is 1. The summed E-state index contributed by atoms with van der Waals surface area (Å²) < 4.78 is 7.91. The predicted octanol–water partition coefficient (Wildman–Crippen LogP) is 3.14. The maximum atomic E-state index is 12.3. The third-order valence-electron chi connectivity index (χ3n) is 2.64. The Bertz CT molecular complexity index is 669. The van der Waals surface area contributed by atoms with Gasteiger partial charge in [0.1, 0.15) is 5.75 Å². The van der Waals surface area contributed by atoms with Crippen LogP contribution in [0, 0.1) is 0 Å². The summed E-state index contributed by atoms with van der Waals surface area (Å²) in [7, 11) is 0. The van der Waals surface area contributed by atoms with Gasteiger partial charge in [-0.25, -0.2) is 4.98 Å². The van der Waals surface area contributed by atoms with E-state index in [0.717, 1.165) is 4.47 Å². The van der Waals surface area contributed by atoms with Crippen LogP contribution in [0.4, 0.5) is 5.69 Å². The molecule has 6 heteroatoms. The molecule has 1 heterocycles. The number of nitrogen functional groups attached to an aromatic ring is 1. The lowest BCUT2D eigenvalue weighted by Crippen LogP contribution is -2.34. The molecule has 1 aromatic carbocycles. The van der Waals surface area contributed by atoms with Gasteiger partial charge in [0.25, 0.3) is 5.88 Å². The van der Waals surface area contributed by atoms with Crippen LogP contribution in [0.5, 0.6) is 11.6 Å². The zero-order valence-electron chi connectivity index (χ0n) is 11.6. The van der Waals surface area contributed by atoms with Gasteiger partial charge in [0.2, 0.25) is 0 Å². The summed E-state index contributed by atoms with van der Waals surface area (Å²) in [5.74, 6) is 0.494. The highest BCUT2D eigenvalue weighted by atomic mass is 79.9. The van der Waals surface area contributed by atoms with Crippen LogP contribution in [0.1, 0.15) is 20.8 Å². The third-order valence-corrected chi connectivity index (χ3v) is 3.10. The summed E-state index contributed by atoms with van der Waals surface area (Å²) in [6, 6.07) is 5.12. The second kappa shape index (κ2) is 5.28. The minimum Gasteiger partial charge on any atom is -0.435 e. The van der Waals surface area contributed by atoms with Crippen molar-refractivity contribution in [1.29, 1.82) is 0 Å². The van der Waals surface area contributed by atoms with E-state index in [1.165, 1.54) is 0 Å². The molecule has 106 valence electrons. The number of benzene rings is 1. The summed E-state index contributed by atoms with van der Waals surface area (Å²) in [5.41, 5.74) is 5.66. The molecule has 0 spiro atoms. The average Bonchev–Trinajstić information content (AvgIpc) is 2.29. The van der Waals surface area contributed by atoms with Crippen LogP contribution in [0.3, 0.4) is 0 Å². The highest BCUT2D eigenvalue weighted by Gasteiger charge is 2.17. The first-order chi connectivity index (χ1) is 9.27. The van der Waals surface area contributed by atoms with Gasteiger partial charge in [-0.15, -0.1) is 0 Å². The molecule has 0 aliphatic rings. The molecule has 2 aromatic rings. The number of rotatable bonds is 2. The molecule has 0 atom stereocenters. The molecular weight excluding hydrogens is 322 g/mol. The Morgan fingerprint density at radius 2 is 2.00 bits per heavy atom. The minimum absolute atomic E-state index is 0.0277. The lowest BCUT2D eigenvalue weighted by atomic mass is 10.1. The van der Waals surface area contributed by atoms with Crippen molar-refractivity contribution in [3.05, 3.63) is 45.4 Å². The van der Waals surface area contributed by atoms with Crippen molar-refractivity contribution >= 4 is 21.6 Å². The highest BCUT2D eigenvalue weighted by molar-refractivity contribution is 9.10. The zero-order valence-corrected chi connectivity index (χ0v) is 13.1. The van der Waals surface area contributed by atoms with Crippen LogP contribution in [-0.4, -0.2) is 9.55 Å². The van der Waals surface area contributed by atoms with Crippen LogP contribution in [0.2, 0.25) is 0 Å². The first-order valence-corrected chi connectivity index (χ1v) is 6.89. The fourth-order valence-corrected chi connectivity index (χ4v) is 2.24. The quantitative estimate of drug-likeness (QED) is 0.854. The standard InChI is InChI=1S/C14H16BrN3O2/c1-14(2,3)18-5-4-17-12(13(18)19)20-11-7-9(15)6-10(16)8-11/h4-8H,16H2,1-3H3. The molecule has 0 aliphatic heterocycles. The maximum Gasteiger partial charge on any atom is 0.314 e. The Labute approximate surface area is 125 Å². The molecule has 0 aliphatic carbocycles. The normalized spacial score (nSPS) is 11.4. The highest BCUT2D eigenvalue weighted by Crippen LogP contribution is 2.25.